The number of nitrogens with zero attached hydrogens (tertiary/aromatic N) is 1. The average Bonchev–Trinajstić information content (AvgIpc) is 2.46. The Balaban J connectivity index is 2.28. The highest BCUT2D eigenvalue weighted by Crippen LogP contribution is 2.36. The lowest BCUT2D eigenvalue weighted by molar-refractivity contribution is 0.00578. The monoisotopic (exact) mass is 278 g/mol. The van der Waals surface area contributed by atoms with Gasteiger partial charge in [-0.2, -0.15) is 0 Å². The number of anilines is 1. The molecule has 6 heteroatoms. The number of aromatic nitrogens is 1. The van der Waals surface area contributed by atoms with E-state index in [9.17, 15) is 5.11 Å². The fourth-order valence-electron chi connectivity index (χ4n) is 2.18. The molecule has 110 valence electrons. The van der Waals surface area contributed by atoms with Crippen LogP contribution >= 0.6 is 0 Å². The van der Waals surface area contributed by atoms with Crippen molar-refractivity contribution in [3.63, 3.8) is 0 Å². The van der Waals surface area contributed by atoms with Crippen LogP contribution in [0.4, 0.5) is 5.82 Å². The average molecular weight is 278 g/mol. The molecule has 0 spiro atoms. The van der Waals surface area contributed by atoms with Crippen LogP contribution in [-0.2, 0) is 15.7 Å². The van der Waals surface area contributed by atoms with E-state index in [2.05, 4.69) is 4.98 Å². The van der Waals surface area contributed by atoms with Crippen molar-refractivity contribution in [1.29, 1.82) is 0 Å². The van der Waals surface area contributed by atoms with Gasteiger partial charge in [-0.05, 0) is 58.7 Å². The van der Waals surface area contributed by atoms with E-state index in [1.165, 1.54) is 0 Å². The summed E-state index contributed by atoms with van der Waals surface area (Å²) in [5.41, 5.74) is 6.60. The third-order valence-corrected chi connectivity index (χ3v) is 3.95. The minimum absolute atomic E-state index is 0.408. The van der Waals surface area contributed by atoms with E-state index in [1.54, 1.807) is 13.0 Å². The lowest BCUT2D eigenvalue weighted by Crippen LogP contribution is -2.41. The third kappa shape index (κ3) is 2.97. The van der Waals surface area contributed by atoms with Crippen LogP contribution in [0.1, 0.15) is 40.2 Å². The molecule has 5 nitrogen and oxygen atoms in total. The van der Waals surface area contributed by atoms with Crippen molar-refractivity contribution in [2.75, 3.05) is 5.73 Å². The largest absolute Gasteiger partial charge is 0.514 e. The topological polar surface area (TPSA) is 77.6 Å². The fraction of sp³-hybridized carbons (Fsp3) is 0.643. The maximum atomic E-state index is 9.50. The Morgan fingerprint density at radius 3 is 2.30 bits per heavy atom. The lowest BCUT2D eigenvalue weighted by atomic mass is 9.83. The Morgan fingerprint density at radius 2 is 1.80 bits per heavy atom. The normalized spacial score (nSPS) is 22.0. The molecule has 20 heavy (non-hydrogen) atoms. The molecular formula is C14H23BN2O3. The third-order valence-electron chi connectivity index (χ3n) is 3.95. The van der Waals surface area contributed by atoms with Gasteiger partial charge >= 0.3 is 7.12 Å². The van der Waals surface area contributed by atoms with E-state index in [0.29, 0.717) is 17.8 Å². The Hall–Kier alpha value is -1.11. The first-order valence-corrected chi connectivity index (χ1v) is 6.91. The molecule has 0 radical (unpaired) electrons. The summed E-state index contributed by atoms with van der Waals surface area (Å²) < 4.78 is 11.9. The van der Waals surface area contributed by atoms with Gasteiger partial charge in [0.15, 0.2) is 0 Å². The summed E-state index contributed by atoms with van der Waals surface area (Å²) in [4.78, 5) is 4.30. The maximum Gasteiger partial charge on any atom is 0.514 e. The zero-order chi connectivity index (χ0) is 15.1. The number of hydrogen-bond donors (Lipinski definition) is 2. The highest BCUT2D eigenvalue weighted by molar-refractivity contribution is 6.61. The van der Waals surface area contributed by atoms with Crippen molar-refractivity contribution in [2.24, 2.45) is 0 Å². The number of hydrogen-bond acceptors (Lipinski definition) is 5. The van der Waals surface area contributed by atoms with Crippen molar-refractivity contribution in [3.05, 3.63) is 17.7 Å². The maximum absolute atomic E-state index is 9.50. The van der Waals surface area contributed by atoms with Crippen molar-refractivity contribution in [2.45, 2.75) is 58.3 Å². The van der Waals surface area contributed by atoms with Crippen molar-refractivity contribution >= 4 is 18.5 Å². The molecule has 1 aromatic heterocycles. The molecule has 1 unspecified atom stereocenters. The van der Waals surface area contributed by atoms with E-state index in [-0.39, 0.29) is 0 Å². The number of nitrogens with two attached hydrogens (primary N) is 1. The van der Waals surface area contributed by atoms with Crippen LogP contribution < -0.4 is 11.3 Å². The second kappa shape index (κ2) is 5.02. The van der Waals surface area contributed by atoms with Gasteiger partial charge < -0.3 is 20.1 Å². The molecule has 0 aromatic carbocycles. The first-order valence-electron chi connectivity index (χ1n) is 6.91. The van der Waals surface area contributed by atoms with E-state index in [0.717, 1.165) is 5.56 Å². The summed E-state index contributed by atoms with van der Waals surface area (Å²) in [6.45, 7) is 9.73. The van der Waals surface area contributed by atoms with Gasteiger partial charge in [-0.25, -0.2) is 4.98 Å². The van der Waals surface area contributed by atoms with Crippen LogP contribution in [-0.4, -0.2) is 34.5 Å². The Bertz CT molecular complexity index is 487. The molecule has 1 saturated heterocycles. The smallest absolute Gasteiger partial charge is 0.398 e. The predicted molar refractivity (Wildman–Crippen MR) is 79.8 cm³/mol. The minimum Gasteiger partial charge on any atom is -0.398 e. The molecule has 2 rings (SSSR count). The number of aliphatic hydroxyl groups excluding tert-OH is 1. The highest BCUT2D eigenvalue weighted by Gasteiger charge is 2.52. The summed E-state index contributed by atoms with van der Waals surface area (Å²) >= 11 is 0. The molecule has 2 heterocycles. The molecule has 1 atom stereocenters. The van der Waals surface area contributed by atoms with E-state index >= 15 is 0 Å². The van der Waals surface area contributed by atoms with Gasteiger partial charge in [0, 0.05) is 0 Å². The number of aliphatic hydroxyl groups is 1. The molecule has 0 aliphatic carbocycles. The van der Waals surface area contributed by atoms with Crippen LogP contribution in [0.2, 0.25) is 0 Å². The Labute approximate surface area is 120 Å². The van der Waals surface area contributed by atoms with E-state index < -0.39 is 24.4 Å². The number of nitrogen functional groups attached to an aromatic ring is 1. The summed E-state index contributed by atoms with van der Waals surface area (Å²) in [7, 11) is -0.531. The van der Waals surface area contributed by atoms with E-state index in [4.69, 9.17) is 15.0 Å². The van der Waals surface area contributed by atoms with Crippen molar-refractivity contribution in [1.82, 2.24) is 4.98 Å². The molecule has 1 fully saturated rings. The van der Waals surface area contributed by atoms with Crippen molar-refractivity contribution < 1.29 is 14.4 Å². The van der Waals surface area contributed by atoms with Gasteiger partial charge in [0.2, 0.25) is 0 Å². The van der Waals surface area contributed by atoms with Gasteiger partial charge in [0.25, 0.3) is 0 Å². The first kappa shape index (κ1) is 15.3. The summed E-state index contributed by atoms with van der Waals surface area (Å²) in [6, 6.07) is 3.65. The molecule has 0 bridgehead atoms. The van der Waals surface area contributed by atoms with Gasteiger partial charge in [0.1, 0.15) is 5.82 Å². The van der Waals surface area contributed by atoms with Crippen LogP contribution in [0.25, 0.3) is 0 Å². The van der Waals surface area contributed by atoms with Crippen molar-refractivity contribution in [3.8, 4) is 0 Å². The second-order valence-electron chi connectivity index (χ2n) is 6.47. The van der Waals surface area contributed by atoms with Crippen LogP contribution in [0.3, 0.4) is 0 Å². The molecule has 3 N–H and O–H groups in total. The van der Waals surface area contributed by atoms with Gasteiger partial charge in [-0.3, -0.25) is 0 Å². The first-order chi connectivity index (χ1) is 9.10. The molecule has 0 saturated carbocycles. The van der Waals surface area contributed by atoms with Crippen LogP contribution in [0.15, 0.2) is 12.1 Å². The standard InChI is InChI=1S/C14H23BN2O3/c1-9(18)6-10-7-11(17-12(16)8-10)15-19-13(2,3)14(4,5)20-15/h7-9,18H,6H2,1-5H3,(H2,16,17). The molecule has 1 aliphatic heterocycles. The summed E-state index contributed by atoms with van der Waals surface area (Å²) in [5.74, 6) is 0.410. The summed E-state index contributed by atoms with van der Waals surface area (Å²) in [6.07, 6.45) is 0.0992. The van der Waals surface area contributed by atoms with Crippen LogP contribution in [0.5, 0.6) is 0 Å². The quantitative estimate of drug-likeness (QED) is 0.803. The van der Waals surface area contributed by atoms with Gasteiger partial charge in [-0.1, -0.05) is 0 Å². The molecule has 1 aliphatic rings. The van der Waals surface area contributed by atoms with Crippen LogP contribution in [0, 0.1) is 0 Å². The van der Waals surface area contributed by atoms with Gasteiger partial charge in [0.05, 0.1) is 22.9 Å². The predicted octanol–water partition coefficient (Wildman–Crippen LogP) is 0.886. The Kier molecular flexibility index (Phi) is 3.84. The lowest BCUT2D eigenvalue weighted by Gasteiger charge is -2.32. The Morgan fingerprint density at radius 1 is 1.25 bits per heavy atom. The number of rotatable bonds is 3. The number of pyridine rings is 1. The zero-order valence-corrected chi connectivity index (χ0v) is 12.8. The zero-order valence-electron chi connectivity index (χ0n) is 12.8. The highest BCUT2D eigenvalue weighted by atomic mass is 16.7. The molecule has 0 amide bonds. The second-order valence-corrected chi connectivity index (χ2v) is 6.47. The minimum atomic E-state index is -0.531. The van der Waals surface area contributed by atoms with Gasteiger partial charge in [-0.15, -0.1) is 0 Å². The molecular weight excluding hydrogens is 255 g/mol. The SMILES string of the molecule is CC(O)Cc1cc(N)nc(B2OC(C)(C)C(C)(C)O2)c1. The van der Waals surface area contributed by atoms with E-state index in [1.807, 2.05) is 33.8 Å². The summed E-state index contributed by atoms with van der Waals surface area (Å²) in [5, 5.41) is 9.50. The fourth-order valence-corrected chi connectivity index (χ4v) is 2.18. The molecule has 1 aromatic rings.